The molecule has 1 amide bonds. The summed E-state index contributed by atoms with van der Waals surface area (Å²) in [6.07, 6.45) is 1.08. The van der Waals surface area contributed by atoms with Gasteiger partial charge in [0.1, 0.15) is 0 Å². The van der Waals surface area contributed by atoms with Gasteiger partial charge in [-0.15, -0.1) is 0 Å². The third-order valence-electron chi connectivity index (χ3n) is 5.59. The Bertz CT molecular complexity index is 806. The number of carbonyl (C=O) groups excluding carboxylic acids is 2. The number of benzene rings is 1. The van der Waals surface area contributed by atoms with E-state index in [4.69, 9.17) is 29.4 Å². The second-order valence-corrected chi connectivity index (χ2v) is 8.01. The number of hydrogen-bond donors (Lipinski definition) is 1. The van der Waals surface area contributed by atoms with Gasteiger partial charge in [0.15, 0.2) is 17.3 Å². The average Bonchev–Trinajstić information content (AvgIpc) is 3.18. The molecule has 152 valence electrons. The molecule has 28 heavy (non-hydrogen) atoms. The molecule has 4 rings (SSSR count). The first-order valence-electron chi connectivity index (χ1n) is 9.46. The van der Waals surface area contributed by atoms with Crippen molar-refractivity contribution in [2.45, 2.75) is 57.5 Å². The lowest BCUT2D eigenvalue weighted by atomic mass is 9.72. The van der Waals surface area contributed by atoms with Crippen LogP contribution in [0.3, 0.4) is 0 Å². The maximum atomic E-state index is 12.2. The molecule has 2 N–H and O–H groups in total. The smallest absolute Gasteiger partial charge is 0.302 e. The molecule has 3 aliphatic rings. The van der Waals surface area contributed by atoms with Crippen LogP contribution >= 0.6 is 0 Å². The number of rotatable bonds is 4. The summed E-state index contributed by atoms with van der Waals surface area (Å²) in [7, 11) is 0. The summed E-state index contributed by atoms with van der Waals surface area (Å²) in [5.74, 6) is -0.605. The molecule has 2 fully saturated rings. The normalized spacial score (nSPS) is 30.0. The van der Waals surface area contributed by atoms with Gasteiger partial charge in [-0.3, -0.25) is 9.59 Å². The topological polar surface area (TPSA) is 106 Å². The van der Waals surface area contributed by atoms with Crippen molar-refractivity contribution in [2.75, 3.05) is 13.4 Å². The van der Waals surface area contributed by atoms with E-state index >= 15 is 0 Å². The fraction of sp³-hybridized carbons (Fsp3) is 0.600. The molecule has 1 saturated heterocycles. The highest BCUT2D eigenvalue weighted by Gasteiger charge is 2.49. The summed E-state index contributed by atoms with van der Waals surface area (Å²) in [6.45, 7) is 5.50. The largest absolute Gasteiger partial charge is 0.466 e. The quantitative estimate of drug-likeness (QED) is 0.783. The molecule has 2 heterocycles. The molecule has 0 radical (unpaired) electrons. The van der Waals surface area contributed by atoms with Crippen LogP contribution in [0, 0.1) is 5.92 Å². The summed E-state index contributed by atoms with van der Waals surface area (Å²) < 4.78 is 28.3. The van der Waals surface area contributed by atoms with E-state index in [0.29, 0.717) is 29.9 Å². The Kier molecular flexibility index (Phi) is 4.71. The van der Waals surface area contributed by atoms with Crippen molar-refractivity contribution >= 4 is 11.9 Å². The number of carbonyl (C=O) groups is 2. The fourth-order valence-corrected chi connectivity index (χ4v) is 4.48. The number of hydrogen-bond acceptors (Lipinski definition) is 7. The van der Waals surface area contributed by atoms with Crippen LogP contribution in [-0.4, -0.2) is 43.3 Å². The van der Waals surface area contributed by atoms with Crippen molar-refractivity contribution in [2.24, 2.45) is 11.7 Å². The molecule has 2 aliphatic heterocycles. The first-order chi connectivity index (χ1) is 13.2. The minimum atomic E-state index is -0.669. The highest BCUT2D eigenvalue weighted by molar-refractivity contribution is 5.95. The lowest BCUT2D eigenvalue weighted by Crippen LogP contribution is -2.39. The second-order valence-electron chi connectivity index (χ2n) is 8.01. The third-order valence-corrected chi connectivity index (χ3v) is 5.59. The van der Waals surface area contributed by atoms with Gasteiger partial charge in [-0.25, -0.2) is 0 Å². The van der Waals surface area contributed by atoms with Gasteiger partial charge < -0.3 is 29.4 Å². The van der Waals surface area contributed by atoms with Gasteiger partial charge in [0, 0.05) is 18.4 Å². The molecule has 8 heteroatoms. The molecule has 1 saturated carbocycles. The van der Waals surface area contributed by atoms with Gasteiger partial charge in [-0.2, -0.15) is 0 Å². The zero-order valence-electron chi connectivity index (χ0n) is 16.2. The Balaban J connectivity index is 1.70. The van der Waals surface area contributed by atoms with Gasteiger partial charge in [0.25, 0.3) is 0 Å². The molecule has 1 aliphatic carbocycles. The van der Waals surface area contributed by atoms with E-state index in [-0.39, 0.29) is 43.4 Å². The van der Waals surface area contributed by atoms with Gasteiger partial charge in [0.05, 0.1) is 18.8 Å². The fourth-order valence-electron chi connectivity index (χ4n) is 4.48. The van der Waals surface area contributed by atoms with Gasteiger partial charge in [-0.05, 0) is 50.3 Å². The average molecular weight is 391 g/mol. The van der Waals surface area contributed by atoms with Crippen LogP contribution in [0.4, 0.5) is 0 Å². The van der Waals surface area contributed by atoms with Crippen LogP contribution < -0.4 is 15.2 Å². The minimum Gasteiger partial charge on any atom is -0.466 e. The molecule has 0 spiro atoms. The first-order valence-corrected chi connectivity index (χ1v) is 9.46. The van der Waals surface area contributed by atoms with Crippen molar-refractivity contribution in [3.63, 3.8) is 0 Å². The first kappa shape index (κ1) is 19.0. The van der Waals surface area contributed by atoms with Gasteiger partial charge in [0.2, 0.25) is 12.7 Å². The van der Waals surface area contributed by atoms with Crippen LogP contribution in [0.15, 0.2) is 12.1 Å². The molecule has 1 aromatic rings. The Morgan fingerprint density at radius 3 is 2.43 bits per heavy atom. The molecule has 4 atom stereocenters. The van der Waals surface area contributed by atoms with E-state index in [1.54, 1.807) is 6.07 Å². The number of amides is 1. The maximum absolute atomic E-state index is 12.2. The number of ether oxygens (including phenoxy) is 5. The minimum absolute atomic E-state index is 0.0406. The molecule has 2 unspecified atom stereocenters. The van der Waals surface area contributed by atoms with E-state index in [0.717, 1.165) is 5.56 Å². The van der Waals surface area contributed by atoms with Crippen LogP contribution in [0.2, 0.25) is 0 Å². The monoisotopic (exact) mass is 391 g/mol. The number of esters is 1. The SMILES string of the molecule is CC(=O)OCC1CC2OC(C)(C)O[C@H]2C[C@H]1c1cc2c(cc1C(N)=O)OCO2. The molecule has 0 bridgehead atoms. The van der Waals surface area contributed by atoms with Crippen LogP contribution in [-0.2, 0) is 19.0 Å². The van der Waals surface area contributed by atoms with Crippen molar-refractivity contribution in [1.82, 2.24) is 0 Å². The highest BCUT2D eigenvalue weighted by Crippen LogP contribution is 2.48. The lowest BCUT2D eigenvalue weighted by Gasteiger charge is -2.37. The third kappa shape index (κ3) is 3.54. The Labute approximate surface area is 163 Å². The Hall–Kier alpha value is -2.32. The van der Waals surface area contributed by atoms with Crippen LogP contribution in [0.1, 0.15) is 55.5 Å². The van der Waals surface area contributed by atoms with E-state index in [9.17, 15) is 9.59 Å². The lowest BCUT2D eigenvalue weighted by molar-refractivity contribution is -0.147. The summed E-state index contributed by atoms with van der Waals surface area (Å²) >= 11 is 0. The summed E-state index contributed by atoms with van der Waals surface area (Å²) in [5.41, 5.74) is 6.81. The van der Waals surface area contributed by atoms with Crippen molar-refractivity contribution in [1.29, 1.82) is 0 Å². The number of fused-ring (bicyclic) bond motifs is 2. The van der Waals surface area contributed by atoms with E-state index in [1.807, 2.05) is 19.9 Å². The summed E-state index contributed by atoms with van der Waals surface area (Å²) in [4.78, 5) is 23.6. The van der Waals surface area contributed by atoms with Gasteiger partial charge in [-0.1, -0.05) is 0 Å². The van der Waals surface area contributed by atoms with Crippen molar-refractivity contribution < 1.29 is 33.3 Å². The predicted octanol–water partition coefficient (Wildman–Crippen LogP) is 2.09. The van der Waals surface area contributed by atoms with Crippen LogP contribution in [0.5, 0.6) is 11.5 Å². The van der Waals surface area contributed by atoms with Crippen molar-refractivity contribution in [3.8, 4) is 11.5 Å². The molecular formula is C20H25NO7. The summed E-state index contributed by atoms with van der Waals surface area (Å²) in [6, 6.07) is 3.44. The van der Waals surface area contributed by atoms with E-state index < -0.39 is 11.7 Å². The zero-order valence-corrected chi connectivity index (χ0v) is 16.2. The van der Waals surface area contributed by atoms with Crippen LogP contribution in [0.25, 0.3) is 0 Å². The highest BCUT2D eigenvalue weighted by atomic mass is 16.8. The zero-order chi connectivity index (χ0) is 20.1. The standard InChI is InChI=1S/C20H25NO7/c1-10(22)24-8-11-4-17-18(28-20(2,3)27-17)5-12(11)13-6-15-16(26-9-25-15)7-14(13)19(21)23/h6-7,11-12,17-18H,4-5,8-9H2,1-3H3,(H2,21,23)/t11?,12-,17?,18+/m1/s1. The van der Waals surface area contributed by atoms with E-state index in [2.05, 4.69) is 0 Å². The molecular weight excluding hydrogens is 366 g/mol. The Morgan fingerprint density at radius 2 is 1.79 bits per heavy atom. The van der Waals surface area contributed by atoms with Crippen molar-refractivity contribution in [3.05, 3.63) is 23.3 Å². The molecule has 1 aromatic carbocycles. The van der Waals surface area contributed by atoms with Gasteiger partial charge >= 0.3 is 5.97 Å². The molecule has 0 aromatic heterocycles. The summed E-state index contributed by atoms with van der Waals surface area (Å²) in [5, 5.41) is 0. The number of nitrogens with two attached hydrogens (primary N) is 1. The molecule has 8 nitrogen and oxygen atoms in total. The Morgan fingerprint density at radius 1 is 1.14 bits per heavy atom. The van der Waals surface area contributed by atoms with E-state index in [1.165, 1.54) is 6.92 Å². The second kappa shape index (κ2) is 6.93. The predicted molar refractivity (Wildman–Crippen MR) is 97.0 cm³/mol. The number of primary amides is 1. The maximum Gasteiger partial charge on any atom is 0.302 e.